The molecular weight excluding hydrogens is 324 g/mol. The van der Waals surface area contributed by atoms with E-state index in [0.717, 1.165) is 29.5 Å². The molecule has 1 heterocycles. The van der Waals surface area contributed by atoms with Crippen LogP contribution in [0.15, 0.2) is 42.5 Å². The van der Waals surface area contributed by atoms with Gasteiger partial charge in [0.05, 0.1) is 11.9 Å². The average Bonchev–Trinajstić information content (AvgIpc) is 2.83. The Morgan fingerprint density at radius 2 is 1.92 bits per heavy atom. The van der Waals surface area contributed by atoms with Crippen LogP contribution in [0, 0.1) is 6.92 Å². The van der Waals surface area contributed by atoms with Gasteiger partial charge in [0.2, 0.25) is 10.0 Å². The van der Waals surface area contributed by atoms with Crippen LogP contribution in [0.1, 0.15) is 28.4 Å². The number of rotatable bonds is 3. The fourth-order valence-electron chi connectivity index (χ4n) is 3.08. The van der Waals surface area contributed by atoms with Gasteiger partial charge in [-0.05, 0) is 49.6 Å². The minimum atomic E-state index is -3.40. The van der Waals surface area contributed by atoms with Crippen molar-refractivity contribution in [1.29, 1.82) is 0 Å². The molecule has 1 atom stereocenters. The lowest BCUT2D eigenvalue weighted by Gasteiger charge is -2.23. The molecule has 0 aromatic heterocycles. The third-order valence-corrected chi connectivity index (χ3v) is 4.80. The van der Waals surface area contributed by atoms with Crippen LogP contribution < -0.4 is 9.62 Å². The summed E-state index contributed by atoms with van der Waals surface area (Å²) in [5.74, 6) is -0.121. The summed E-state index contributed by atoms with van der Waals surface area (Å²) in [6, 6.07) is 13.0. The summed E-state index contributed by atoms with van der Waals surface area (Å²) in [6.07, 6.45) is 1.92. The van der Waals surface area contributed by atoms with Crippen LogP contribution in [0.2, 0.25) is 0 Å². The van der Waals surface area contributed by atoms with E-state index in [1.807, 2.05) is 31.2 Å². The highest BCUT2D eigenvalue weighted by Crippen LogP contribution is 2.33. The van der Waals surface area contributed by atoms with Gasteiger partial charge in [0.25, 0.3) is 5.91 Å². The van der Waals surface area contributed by atoms with Crippen LogP contribution in [0.25, 0.3) is 0 Å². The molecule has 3 rings (SSSR count). The van der Waals surface area contributed by atoms with Gasteiger partial charge in [-0.15, -0.1) is 0 Å². The highest BCUT2D eigenvalue weighted by molar-refractivity contribution is 7.92. The summed E-state index contributed by atoms with van der Waals surface area (Å²) in [5.41, 5.74) is 3.75. The molecule has 0 saturated carbocycles. The average molecular weight is 344 g/mol. The molecule has 1 amide bonds. The number of carbonyl (C=O) groups is 1. The molecule has 1 N–H and O–H groups in total. The number of amides is 1. The fraction of sp³-hybridized carbons (Fsp3) is 0.278. The molecule has 2 aromatic carbocycles. The number of para-hydroxylation sites is 1. The van der Waals surface area contributed by atoms with E-state index in [0.29, 0.717) is 11.3 Å². The highest BCUT2D eigenvalue weighted by Gasteiger charge is 2.31. The number of fused-ring (bicyclic) bond motifs is 1. The summed E-state index contributed by atoms with van der Waals surface area (Å²) in [5, 5.41) is 0. The molecule has 5 nitrogen and oxygen atoms in total. The predicted molar refractivity (Wildman–Crippen MR) is 96.1 cm³/mol. The number of hydrogen-bond donors (Lipinski definition) is 1. The normalized spacial score (nSPS) is 16.8. The van der Waals surface area contributed by atoms with Gasteiger partial charge in [-0.2, -0.15) is 0 Å². The Morgan fingerprint density at radius 3 is 2.62 bits per heavy atom. The first-order valence-electron chi connectivity index (χ1n) is 7.76. The van der Waals surface area contributed by atoms with E-state index in [-0.39, 0.29) is 11.9 Å². The zero-order valence-corrected chi connectivity index (χ0v) is 14.7. The third-order valence-electron chi connectivity index (χ3n) is 4.21. The zero-order valence-electron chi connectivity index (χ0n) is 13.9. The van der Waals surface area contributed by atoms with Gasteiger partial charge in [0.15, 0.2) is 0 Å². The topological polar surface area (TPSA) is 66.5 Å². The van der Waals surface area contributed by atoms with E-state index in [2.05, 4.69) is 4.72 Å². The minimum absolute atomic E-state index is 0.0718. The molecule has 0 aliphatic carbocycles. The van der Waals surface area contributed by atoms with E-state index in [4.69, 9.17) is 0 Å². The van der Waals surface area contributed by atoms with Crippen LogP contribution in [-0.2, 0) is 16.4 Å². The van der Waals surface area contributed by atoms with Crippen molar-refractivity contribution in [1.82, 2.24) is 0 Å². The van der Waals surface area contributed by atoms with Crippen molar-refractivity contribution in [3.05, 3.63) is 59.2 Å². The van der Waals surface area contributed by atoms with Crippen molar-refractivity contribution >= 4 is 27.3 Å². The lowest BCUT2D eigenvalue weighted by Crippen LogP contribution is -2.35. The van der Waals surface area contributed by atoms with E-state index >= 15 is 0 Å². The number of aryl methyl sites for hydroxylation is 1. The number of carbonyl (C=O) groups excluding carboxylic acids is 1. The second-order valence-corrected chi connectivity index (χ2v) is 8.01. The second kappa shape index (κ2) is 5.94. The molecule has 126 valence electrons. The van der Waals surface area contributed by atoms with Gasteiger partial charge in [-0.1, -0.05) is 24.3 Å². The maximum atomic E-state index is 13.0. The lowest BCUT2D eigenvalue weighted by molar-refractivity contribution is 0.0981. The Bertz CT molecular complexity index is 906. The molecule has 1 unspecified atom stereocenters. The first-order valence-corrected chi connectivity index (χ1v) is 9.65. The molecule has 0 saturated heterocycles. The molecule has 2 aromatic rings. The van der Waals surface area contributed by atoms with Crippen LogP contribution in [0.3, 0.4) is 0 Å². The summed E-state index contributed by atoms with van der Waals surface area (Å²) in [4.78, 5) is 14.8. The number of nitrogens with one attached hydrogen (secondary N) is 1. The van der Waals surface area contributed by atoms with Crippen LogP contribution in [0.4, 0.5) is 11.4 Å². The van der Waals surface area contributed by atoms with Crippen molar-refractivity contribution in [3.8, 4) is 0 Å². The second-order valence-electron chi connectivity index (χ2n) is 6.26. The Hall–Kier alpha value is -2.34. The Balaban J connectivity index is 1.98. The monoisotopic (exact) mass is 344 g/mol. The van der Waals surface area contributed by atoms with E-state index in [9.17, 15) is 13.2 Å². The first-order chi connectivity index (χ1) is 11.3. The molecule has 0 bridgehead atoms. The van der Waals surface area contributed by atoms with Crippen LogP contribution >= 0.6 is 0 Å². The number of sulfonamides is 1. The van der Waals surface area contributed by atoms with Crippen molar-refractivity contribution in [2.24, 2.45) is 0 Å². The quantitative estimate of drug-likeness (QED) is 0.931. The van der Waals surface area contributed by atoms with Gasteiger partial charge in [-0.3, -0.25) is 9.52 Å². The van der Waals surface area contributed by atoms with Crippen molar-refractivity contribution in [2.45, 2.75) is 26.3 Å². The van der Waals surface area contributed by atoms with E-state index in [1.165, 1.54) is 0 Å². The van der Waals surface area contributed by atoms with Crippen molar-refractivity contribution in [2.75, 3.05) is 15.9 Å². The largest absolute Gasteiger partial charge is 0.305 e. The number of nitrogens with zero attached hydrogens (tertiary/aromatic N) is 1. The standard InChI is InChI=1S/C18H20N2O3S/c1-12-8-9-15(11-16(12)19-24(3,22)23)18(21)20-13(2)10-14-6-4-5-7-17(14)20/h4-9,11,13,19H,10H2,1-3H3. The van der Waals surface area contributed by atoms with Gasteiger partial charge < -0.3 is 4.90 Å². The Labute approximate surface area is 142 Å². The van der Waals surface area contributed by atoms with E-state index in [1.54, 1.807) is 30.0 Å². The summed E-state index contributed by atoms with van der Waals surface area (Å²) in [7, 11) is -3.40. The Kier molecular flexibility index (Phi) is 4.09. The van der Waals surface area contributed by atoms with Gasteiger partial charge >= 0.3 is 0 Å². The smallest absolute Gasteiger partial charge is 0.258 e. The third kappa shape index (κ3) is 3.14. The van der Waals surface area contributed by atoms with Gasteiger partial charge in [0, 0.05) is 17.3 Å². The Morgan fingerprint density at radius 1 is 1.21 bits per heavy atom. The number of benzene rings is 2. The molecular formula is C18H20N2O3S. The predicted octanol–water partition coefficient (Wildman–Crippen LogP) is 2.96. The molecule has 24 heavy (non-hydrogen) atoms. The number of anilines is 2. The SMILES string of the molecule is Cc1ccc(C(=O)N2c3ccccc3CC2C)cc1NS(C)(=O)=O. The molecule has 1 aliphatic rings. The van der Waals surface area contributed by atoms with Crippen LogP contribution in [-0.4, -0.2) is 26.6 Å². The van der Waals surface area contributed by atoms with Crippen LogP contribution in [0.5, 0.6) is 0 Å². The highest BCUT2D eigenvalue weighted by atomic mass is 32.2. The minimum Gasteiger partial charge on any atom is -0.305 e. The van der Waals surface area contributed by atoms with E-state index < -0.39 is 10.0 Å². The van der Waals surface area contributed by atoms with Gasteiger partial charge in [-0.25, -0.2) is 8.42 Å². The molecule has 0 radical (unpaired) electrons. The first kappa shape index (κ1) is 16.5. The molecule has 0 spiro atoms. The molecule has 6 heteroatoms. The molecule has 0 fully saturated rings. The summed E-state index contributed by atoms with van der Waals surface area (Å²) < 4.78 is 25.5. The van der Waals surface area contributed by atoms with Crippen molar-refractivity contribution in [3.63, 3.8) is 0 Å². The fourth-order valence-corrected chi connectivity index (χ4v) is 3.70. The molecule has 1 aliphatic heterocycles. The number of hydrogen-bond acceptors (Lipinski definition) is 3. The summed E-state index contributed by atoms with van der Waals surface area (Å²) >= 11 is 0. The maximum absolute atomic E-state index is 13.0. The van der Waals surface area contributed by atoms with Gasteiger partial charge in [0.1, 0.15) is 0 Å². The summed E-state index contributed by atoms with van der Waals surface area (Å²) in [6.45, 7) is 3.82. The van der Waals surface area contributed by atoms with Crippen molar-refractivity contribution < 1.29 is 13.2 Å². The maximum Gasteiger partial charge on any atom is 0.258 e. The lowest BCUT2D eigenvalue weighted by atomic mass is 10.1. The zero-order chi connectivity index (χ0) is 17.5.